The average Bonchev–Trinajstić information content (AvgIpc) is 3.18. The van der Waals surface area contributed by atoms with E-state index >= 15 is 0 Å². The second-order valence-corrected chi connectivity index (χ2v) is 9.41. The van der Waals surface area contributed by atoms with Crippen LogP contribution < -0.4 is 0 Å². The van der Waals surface area contributed by atoms with E-state index in [1.807, 2.05) is 12.1 Å². The number of aliphatic hydroxyl groups excluding tert-OH is 2. The minimum atomic E-state index is -0.328. The molecule has 0 bridgehead atoms. The second kappa shape index (κ2) is 8.78. The molecule has 1 aromatic heterocycles. The lowest BCUT2D eigenvalue weighted by atomic mass is 9.76. The quantitative estimate of drug-likeness (QED) is 0.567. The third kappa shape index (κ3) is 4.77. The second-order valence-electron chi connectivity index (χ2n) is 8.24. The van der Waals surface area contributed by atoms with Crippen molar-refractivity contribution in [1.82, 2.24) is 0 Å². The van der Waals surface area contributed by atoms with Gasteiger partial charge in [0.15, 0.2) is 0 Å². The molecule has 2 aromatic carbocycles. The molecule has 1 heterocycles. The van der Waals surface area contributed by atoms with Crippen LogP contribution in [0.3, 0.4) is 0 Å². The SMILES string of the molecule is Cc1ccc(C2CC(O)CC(CO)C2)cc1Cc1ccc(-c2ccc(F)cc2)s1. The van der Waals surface area contributed by atoms with E-state index < -0.39 is 0 Å². The predicted octanol–water partition coefficient (Wildman–Crippen LogP) is 5.69. The van der Waals surface area contributed by atoms with E-state index in [1.165, 1.54) is 33.7 Å². The average molecular weight is 411 g/mol. The lowest BCUT2D eigenvalue weighted by Crippen LogP contribution is -2.27. The number of rotatable bonds is 5. The summed E-state index contributed by atoms with van der Waals surface area (Å²) in [6, 6.07) is 17.5. The Labute approximate surface area is 175 Å². The van der Waals surface area contributed by atoms with Crippen LogP contribution in [-0.4, -0.2) is 22.9 Å². The minimum absolute atomic E-state index is 0.146. The van der Waals surface area contributed by atoms with Crippen LogP contribution in [0.1, 0.15) is 46.7 Å². The zero-order valence-corrected chi connectivity index (χ0v) is 17.5. The molecule has 2 N–H and O–H groups in total. The molecule has 1 aliphatic carbocycles. The van der Waals surface area contributed by atoms with Gasteiger partial charge in [-0.25, -0.2) is 4.39 Å². The number of hydrogen-bond acceptors (Lipinski definition) is 3. The minimum Gasteiger partial charge on any atom is -0.396 e. The van der Waals surface area contributed by atoms with E-state index in [0.29, 0.717) is 12.3 Å². The maximum atomic E-state index is 13.2. The van der Waals surface area contributed by atoms with Crippen LogP contribution in [0.2, 0.25) is 0 Å². The van der Waals surface area contributed by atoms with Crippen molar-refractivity contribution in [3.8, 4) is 10.4 Å². The monoisotopic (exact) mass is 410 g/mol. The molecule has 0 saturated heterocycles. The summed E-state index contributed by atoms with van der Waals surface area (Å²) >= 11 is 1.75. The molecule has 0 amide bonds. The van der Waals surface area contributed by atoms with Crippen molar-refractivity contribution in [2.75, 3.05) is 6.61 Å². The Kier molecular flexibility index (Phi) is 6.14. The molecule has 3 aromatic rings. The van der Waals surface area contributed by atoms with Crippen LogP contribution in [-0.2, 0) is 6.42 Å². The first-order valence-corrected chi connectivity index (χ1v) is 11.1. The molecule has 4 rings (SSSR count). The summed E-state index contributed by atoms with van der Waals surface area (Å²) < 4.78 is 13.2. The number of halogens is 1. The Morgan fingerprint density at radius 2 is 1.79 bits per heavy atom. The number of thiophene rings is 1. The number of aryl methyl sites for hydroxylation is 1. The van der Waals surface area contributed by atoms with E-state index in [4.69, 9.17) is 0 Å². The lowest BCUT2D eigenvalue weighted by Gasteiger charge is -2.32. The molecular weight excluding hydrogens is 383 g/mol. The van der Waals surface area contributed by atoms with Gasteiger partial charge in [-0.1, -0.05) is 30.3 Å². The molecule has 4 heteroatoms. The summed E-state index contributed by atoms with van der Waals surface area (Å²) in [5, 5.41) is 19.7. The highest BCUT2D eigenvalue weighted by atomic mass is 32.1. The van der Waals surface area contributed by atoms with Gasteiger partial charge in [0.2, 0.25) is 0 Å². The van der Waals surface area contributed by atoms with Crippen molar-refractivity contribution in [2.45, 2.75) is 44.6 Å². The van der Waals surface area contributed by atoms with Gasteiger partial charge in [0.1, 0.15) is 5.82 Å². The first-order valence-electron chi connectivity index (χ1n) is 10.2. The zero-order valence-electron chi connectivity index (χ0n) is 16.6. The van der Waals surface area contributed by atoms with Gasteiger partial charge in [0, 0.05) is 22.8 Å². The van der Waals surface area contributed by atoms with E-state index in [-0.39, 0.29) is 24.4 Å². The summed E-state index contributed by atoms with van der Waals surface area (Å²) in [5.74, 6) is 0.270. The van der Waals surface area contributed by atoms with Gasteiger partial charge in [-0.3, -0.25) is 0 Å². The van der Waals surface area contributed by atoms with Crippen LogP contribution in [0, 0.1) is 18.7 Å². The van der Waals surface area contributed by atoms with Gasteiger partial charge in [0.25, 0.3) is 0 Å². The van der Waals surface area contributed by atoms with Crippen molar-refractivity contribution < 1.29 is 14.6 Å². The molecule has 1 saturated carbocycles. The van der Waals surface area contributed by atoms with E-state index in [0.717, 1.165) is 29.7 Å². The van der Waals surface area contributed by atoms with Gasteiger partial charge < -0.3 is 10.2 Å². The van der Waals surface area contributed by atoms with E-state index in [2.05, 4.69) is 37.3 Å². The third-order valence-corrected chi connectivity index (χ3v) is 7.17. The number of benzene rings is 2. The Morgan fingerprint density at radius 3 is 2.55 bits per heavy atom. The normalized spacial score (nSPS) is 22.0. The summed E-state index contributed by atoms with van der Waals surface area (Å²) in [6.45, 7) is 2.29. The maximum absolute atomic E-state index is 13.2. The van der Waals surface area contributed by atoms with Crippen molar-refractivity contribution >= 4 is 11.3 Å². The fourth-order valence-electron chi connectivity index (χ4n) is 4.39. The van der Waals surface area contributed by atoms with Gasteiger partial charge in [-0.05, 0) is 84.5 Å². The van der Waals surface area contributed by atoms with E-state index in [9.17, 15) is 14.6 Å². The molecule has 3 unspecified atom stereocenters. The number of hydrogen-bond donors (Lipinski definition) is 2. The molecule has 0 spiro atoms. The topological polar surface area (TPSA) is 40.5 Å². The molecule has 2 nitrogen and oxygen atoms in total. The number of aliphatic hydroxyl groups is 2. The van der Waals surface area contributed by atoms with Crippen molar-refractivity contribution in [2.24, 2.45) is 5.92 Å². The maximum Gasteiger partial charge on any atom is 0.123 e. The van der Waals surface area contributed by atoms with Crippen molar-refractivity contribution in [1.29, 1.82) is 0 Å². The first-order chi connectivity index (χ1) is 14.0. The molecular formula is C25H27FO2S. The Bertz CT molecular complexity index is 963. The molecule has 152 valence electrons. The summed E-state index contributed by atoms with van der Waals surface area (Å²) in [5.41, 5.74) is 4.87. The molecule has 0 aliphatic heterocycles. The highest BCUT2D eigenvalue weighted by Crippen LogP contribution is 2.37. The van der Waals surface area contributed by atoms with Crippen LogP contribution in [0.15, 0.2) is 54.6 Å². The zero-order chi connectivity index (χ0) is 20.4. The largest absolute Gasteiger partial charge is 0.396 e. The molecule has 1 aliphatic rings. The van der Waals surface area contributed by atoms with E-state index in [1.54, 1.807) is 11.3 Å². The third-order valence-electron chi connectivity index (χ3n) is 6.04. The highest BCUT2D eigenvalue weighted by molar-refractivity contribution is 7.15. The Morgan fingerprint density at radius 1 is 1.00 bits per heavy atom. The van der Waals surface area contributed by atoms with Gasteiger partial charge >= 0.3 is 0 Å². The summed E-state index contributed by atoms with van der Waals surface area (Å²) in [4.78, 5) is 2.43. The van der Waals surface area contributed by atoms with Crippen molar-refractivity contribution in [3.05, 3.63) is 82.0 Å². The van der Waals surface area contributed by atoms with Crippen LogP contribution in [0.4, 0.5) is 4.39 Å². The molecule has 3 atom stereocenters. The van der Waals surface area contributed by atoms with Crippen LogP contribution >= 0.6 is 11.3 Å². The summed E-state index contributed by atoms with van der Waals surface area (Å²) in [6.07, 6.45) is 2.94. The van der Waals surface area contributed by atoms with Gasteiger partial charge in [-0.15, -0.1) is 11.3 Å². The Balaban J connectivity index is 1.53. The highest BCUT2D eigenvalue weighted by Gasteiger charge is 2.28. The van der Waals surface area contributed by atoms with Crippen molar-refractivity contribution in [3.63, 3.8) is 0 Å². The summed E-state index contributed by atoms with van der Waals surface area (Å²) in [7, 11) is 0. The molecule has 29 heavy (non-hydrogen) atoms. The fraction of sp³-hybridized carbons (Fsp3) is 0.360. The molecule has 1 fully saturated rings. The lowest BCUT2D eigenvalue weighted by molar-refractivity contribution is 0.0650. The molecule has 0 radical (unpaired) electrons. The first kappa shape index (κ1) is 20.3. The van der Waals surface area contributed by atoms with Gasteiger partial charge in [-0.2, -0.15) is 0 Å². The van der Waals surface area contributed by atoms with Crippen LogP contribution in [0.25, 0.3) is 10.4 Å². The predicted molar refractivity (Wildman–Crippen MR) is 117 cm³/mol. The Hall–Kier alpha value is -2.01. The smallest absolute Gasteiger partial charge is 0.123 e. The standard InChI is InChI=1S/C25H27FO2S/c1-16-2-3-19(21-10-17(15-27)11-23(28)13-21)12-20(16)14-24-8-9-25(29-24)18-4-6-22(26)7-5-18/h2-9,12,17,21,23,27-28H,10-11,13-15H2,1H3. The fourth-order valence-corrected chi connectivity index (χ4v) is 5.43. The van der Waals surface area contributed by atoms with Gasteiger partial charge in [0.05, 0.1) is 6.10 Å². The van der Waals surface area contributed by atoms with Crippen LogP contribution in [0.5, 0.6) is 0 Å².